The number of anilines is 1. The number of nitrogens with one attached hydrogen (secondary N) is 1. The Kier molecular flexibility index (Phi) is 3.01. The molecule has 0 fully saturated rings. The molecule has 0 bridgehead atoms. The lowest BCUT2D eigenvalue weighted by molar-refractivity contribution is 0.624. The fourth-order valence-corrected chi connectivity index (χ4v) is 1.99. The maximum atomic E-state index is 13.5. The van der Waals surface area contributed by atoms with Crippen LogP contribution in [-0.4, -0.2) is 14.6 Å². The van der Waals surface area contributed by atoms with Gasteiger partial charge in [-0.15, -0.1) is 0 Å². The molecule has 0 aliphatic carbocycles. The predicted molar refractivity (Wildman–Crippen MR) is 71.4 cm³/mol. The van der Waals surface area contributed by atoms with Crippen molar-refractivity contribution in [2.45, 2.75) is 6.54 Å². The summed E-state index contributed by atoms with van der Waals surface area (Å²) in [5, 5.41) is 16.2. The van der Waals surface area contributed by atoms with Crippen LogP contribution in [0, 0.1) is 17.1 Å². The molecule has 5 nitrogen and oxygen atoms in total. The van der Waals surface area contributed by atoms with E-state index in [2.05, 4.69) is 15.4 Å². The summed E-state index contributed by atoms with van der Waals surface area (Å²) >= 11 is 0. The zero-order valence-corrected chi connectivity index (χ0v) is 10.4. The van der Waals surface area contributed by atoms with Crippen LogP contribution in [0.15, 0.2) is 42.7 Å². The Morgan fingerprint density at radius 2 is 2.15 bits per heavy atom. The standard InChI is InChI=1S/C14H10FN5/c15-12-2-1-3-13(11(12)8-16)18-9-10-4-6-17-14-5-7-19-20(10)14/h1-7,18H,9H2. The normalized spacial score (nSPS) is 10.4. The van der Waals surface area contributed by atoms with Gasteiger partial charge in [0.25, 0.3) is 0 Å². The molecule has 1 aromatic carbocycles. The second-order valence-electron chi connectivity index (χ2n) is 4.17. The molecule has 3 rings (SSSR count). The third-order valence-corrected chi connectivity index (χ3v) is 2.95. The van der Waals surface area contributed by atoms with E-state index in [4.69, 9.17) is 5.26 Å². The van der Waals surface area contributed by atoms with Gasteiger partial charge in [0.1, 0.15) is 17.4 Å². The summed E-state index contributed by atoms with van der Waals surface area (Å²) in [5.74, 6) is -0.531. The summed E-state index contributed by atoms with van der Waals surface area (Å²) in [5.41, 5.74) is 2.08. The van der Waals surface area contributed by atoms with Gasteiger partial charge in [0, 0.05) is 12.3 Å². The number of nitriles is 1. The number of hydrogen-bond acceptors (Lipinski definition) is 4. The van der Waals surface area contributed by atoms with E-state index in [1.807, 2.05) is 12.1 Å². The van der Waals surface area contributed by atoms with Crippen molar-refractivity contribution in [3.63, 3.8) is 0 Å². The second kappa shape index (κ2) is 4.97. The highest BCUT2D eigenvalue weighted by atomic mass is 19.1. The highest BCUT2D eigenvalue weighted by Crippen LogP contribution is 2.18. The lowest BCUT2D eigenvalue weighted by atomic mass is 10.2. The molecule has 2 aromatic heterocycles. The number of benzene rings is 1. The van der Waals surface area contributed by atoms with Crippen LogP contribution in [0.5, 0.6) is 0 Å². The van der Waals surface area contributed by atoms with Gasteiger partial charge in [0.05, 0.1) is 24.1 Å². The summed E-state index contributed by atoms with van der Waals surface area (Å²) in [7, 11) is 0. The molecule has 1 N–H and O–H groups in total. The number of nitrogens with zero attached hydrogens (tertiary/aromatic N) is 4. The van der Waals surface area contributed by atoms with Crippen molar-refractivity contribution in [2.24, 2.45) is 0 Å². The molecule has 6 heteroatoms. The molecule has 0 saturated carbocycles. The Morgan fingerprint density at radius 3 is 3.00 bits per heavy atom. The molecular weight excluding hydrogens is 257 g/mol. The molecule has 0 aliphatic rings. The van der Waals surface area contributed by atoms with Crippen molar-refractivity contribution in [3.05, 3.63) is 59.8 Å². The van der Waals surface area contributed by atoms with E-state index < -0.39 is 5.82 Å². The first-order valence-electron chi connectivity index (χ1n) is 5.99. The van der Waals surface area contributed by atoms with Gasteiger partial charge < -0.3 is 5.32 Å². The average Bonchev–Trinajstić information content (AvgIpc) is 2.94. The van der Waals surface area contributed by atoms with Gasteiger partial charge in [-0.3, -0.25) is 0 Å². The molecule has 3 aromatic rings. The Labute approximate surface area is 114 Å². The third kappa shape index (κ3) is 2.06. The molecular formula is C14H10FN5. The minimum Gasteiger partial charge on any atom is -0.378 e. The number of fused-ring (bicyclic) bond motifs is 1. The minimum atomic E-state index is -0.531. The monoisotopic (exact) mass is 267 g/mol. The number of rotatable bonds is 3. The summed E-state index contributed by atoms with van der Waals surface area (Å²) in [4.78, 5) is 4.17. The summed E-state index contributed by atoms with van der Waals surface area (Å²) in [6.45, 7) is 0.416. The van der Waals surface area contributed by atoms with Gasteiger partial charge in [-0.05, 0) is 18.2 Å². The quantitative estimate of drug-likeness (QED) is 0.791. The molecule has 0 saturated heterocycles. The fraction of sp³-hybridized carbons (Fsp3) is 0.0714. The van der Waals surface area contributed by atoms with E-state index in [-0.39, 0.29) is 5.56 Å². The van der Waals surface area contributed by atoms with E-state index in [0.717, 1.165) is 11.3 Å². The Bertz CT molecular complexity index is 803. The van der Waals surface area contributed by atoms with Crippen LogP contribution in [0.25, 0.3) is 5.65 Å². The molecule has 0 spiro atoms. The van der Waals surface area contributed by atoms with Crippen LogP contribution < -0.4 is 5.32 Å². The molecule has 0 atom stereocenters. The van der Waals surface area contributed by atoms with Crippen LogP contribution in [0.3, 0.4) is 0 Å². The highest BCUT2D eigenvalue weighted by molar-refractivity contribution is 5.58. The van der Waals surface area contributed by atoms with Crippen molar-refractivity contribution in [1.29, 1.82) is 5.26 Å². The lowest BCUT2D eigenvalue weighted by Gasteiger charge is -2.09. The zero-order chi connectivity index (χ0) is 13.9. The maximum Gasteiger partial charge on any atom is 0.155 e. The Morgan fingerprint density at radius 1 is 1.25 bits per heavy atom. The Hall–Kier alpha value is -2.94. The largest absolute Gasteiger partial charge is 0.378 e. The van der Waals surface area contributed by atoms with Gasteiger partial charge in [-0.2, -0.15) is 10.4 Å². The van der Waals surface area contributed by atoms with Gasteiger partial charge in [0.2, 0.25) is 0 Å². The van der Waals surface area contributed by atoms with Gasteiger partial charge >= 0.3 is 0 Å². The zero-order valence-electron chi connectivity index (χ0n) is 10.4. The van der Waals surface area contributed by atoms with Crippen LogP contribution in [0.4, 0.5) is 10.1 Å². The highest BCUT2D eigenvalue weighted by Gasteiger charge is 2.08. The first kappa shape index (κ1) is 12.1. The van der Waals surface area contributed by atoms with Crippen molar-refractivity contribution in [2.75, 3.05) is 5.32 Å². The lowest BCUT2D eigenvalue weighted by Crippen LogP contribution is -2.07. The van der Waals surface area contributed by atoms with Crippen molar-refractivity contribution >= 4 is 11.3 Å². The van der Waals surface area contributed by atoms with Gasteiger partial charge in [0.15, 0.2) is 5.65 Å². The molecule has 0 amide bonds. The molecule has 2 heterocycles. The molecule has 20 heavy (non-hydrogen) atoms. The smallest absolute Gasteiger partial charge is 0.155 e. The first-order valence-corrected chi connectivity index (χ1v) is 5.99. The van der Waals surface area contributed by atoms with Crippen molar-refractivity contribution in [3.8, 4) is 6.07 Å². The topological polar surface area (TPSA) is 66.0 Å². The average molecular weight is 267 g/mol. The van der Waals surface area contributed by atoms with Crippen LogP contribution in [0.1, 0.15) is 11.3 Å². The summed E-state index contributed by atoms with van der Waals surface area (Å²) < 4.78 is 15.2. The second-order valence-corrected chi connectivity index (χ2v) is 4.17. The van der Waals surface area contributed by atoms with Crippen molar-refractivity contribution in [1.82, 2.24) is 14.6 Å². The van der Waals surface area contributed by atoms with E-state index in [0.29, 0.717) is 12.2 Å². The van der Waals surface area contributed by atoms with E-state index in [1.54, 1.807) is 35.1 Å². The minimum absolute atomic E-state index is 0.0123. The van der Waals surface area contributed by atoms with Crippen LogP contribution in [-0.2, 0) is 6.54 Å². The van der Waals surface area contributed by atoms with Crippen LogP contribution >= 0.6 is 0 Å². The maximum absolute atomic E-state index is 13.5. The molecule has 0 radical (unpaired) electrons. The van der Waals surface area contributed by atoms with Crippen molar-refractivity contribution < 1.29 is 4.39 Å². The molecule has 0 unspecified atom stereocenters. The SMILES string of the molecule is N#Cc1c(F)cccc1NCc1ccnc2ccnn12. The summed E-state index contributed by atoms with van der Waals surface area (Å²) in [6.07, 6.45) is 3.35. The van der Waals surface area contributed by atoms with E-state index >= 15 is 0 Å². The first-order chi connectivity index (χ1) is 9.79. The molecule has 98 valence electrons. The number of hydrogen-bond donors (Lipinski definition) is 1. The van der Waals surface area contributed by atoms with Crippen LogP contribution in [0.2, 0.25) is 0 Å². The van der Waals surface area contributed by atoms with E-state index in [9.17, 15) is 4.39 Å². The number of aromatic nitrogens is 3. The fourth-order valence-electron chi connectivity index (χ4n) is 1.99. The predicted octanol–water partition coefficient (Wildman–Crippen LogP) is 2.35. The molecule has 0 aliphatic heterocycles. The van der Waals surface area contributed by atoms with E-state index in [1.165, 1.54) is 6.07 Å². The van der Waals surface area contributed by atoms with Gasteiger partial charge in [-0.1, -0.05) is 6.07 Å². The third-order valence-electron chi connectivity index (χ3n) is 2.95. The Balaban J connectivity index is 1.89. The van der Waals surface area contributed by atoms with Gasteiger partial charge in [-0.25, -0.2) is 13.9 Å². The number of halogens is 1. The summed E-state index contributed by atoms with van der Waals surface area (Å²) in [6, 6.07) is 9.98.